The first-order valence-electron chi connectivity index (χ1n) is 6.13. The van der Waals surface area contributed by atoms with Crippen molar-refractivity contribution in [2.45, 2.75) is 17.7 Å². The van der Waals surface area contributed by atoms with Crippen molar-refractivity contribution in [3.63, 3.8) is 0 Å². The van der Waals surface area contributed by atoms with Crippen LogP contribution in [0, 0.1) is 0 Å². The van der Waals surface area contributed by atoms with Crippen molar-refractivity contribution in [3.8, 4) is 5.75 Å². The van der Waals surface area contributed by atoms with Crippen LogP contribution < -0.4 is 9.50 Å². The second kappa shape index (κ2) is 5.34. The Balaban J connectivity index is 2.61. The Morgan fingerprint density at radius 3 is 2.05 bits per heavy atom. The van der Waals surface area contributed by atoms with Crippen LogP contribution in [-0.4, -0.2) is 42.4 Å². The normalized spacial score (nSPS) is 16.3. The van der Waals surface area contributed by atoms with Gasteiger partial charge in [-0.3, -0.25) is 0 Å². The molecule has 1 aromatic carbocycles. The molecule has 20 heavy (non-hydrogen) atoms. The molecule has 0 amide bonds. The van der Waals surface area contributed by atoms with E-state index in [1.807, 2.05) is 0 Å². The Kier molecular flexibility index (Phi) is 4.08. The van der Waals surface area contributed by atoms with Gasteiger partial charge in [-0.05, 0) is 49.2 Å². The first-order valence-corrected chi connectivity index (χ1v) is 9.83. The van der Waals surface area contributed by atoms with Gasteiger partial charge in [0.1, 0.15) is 4.90 Å². The van der Waals surface area contributed by atoms with Gasteiger partial charge in [-0.1, -0.05) is 0 Å². The van der Waals surface area contributed by atoms with Crippen LogP contribution in [0.25, 0.3) is 0 Å². The van der Waals surface area contributed by atoms with Crippen LogP contribution in [0.3, 0.4) is 0 Å². The minimum Gasteiger partial charge on any atom is -0.381 e. The predicted molar refractivity (Wildman–Crippen MR) is 75.3 cm³/mol. The number of rotatable bonds is 3. The summed E-state index contributed by atoms with van der Waals surface area (Å²) in [6.45, 7) is 1.53. The topological polar surface area (TPSA) is 89.5 Å². The third-order valence-electron chi connectivity index (χ3n) is 3.05. The summed E-state index contributed by atoms with van der Waals surface area (Å²) in [6, 6.07) is 3.05. The molecule has 0 bridgehead atoms. The highest BCUT2D eigenvalue weighted by Gasteiger charge is 2.21. The van der Waals surface area contributed by atoms with E-state index in [1.165, 1.54) is 12.1 Å². The van der Waals surface area contributed by atoms with Gasteiger partial charge in [0.15, 0.2) is 15.6 Å². The van der Waals surface area contributed by atoms with Crippen LogP contribution in [0.5, 0.6) is 5.75 Å². The van der Waals surface area contributed by atoms with Gasteiger partial charge in [-0.15, -0.1) is 0 Å². The molecule has 0 spiro atoms. The monoisotopic (exact) mass is 319 g/mol. The molecule has 1 heterocycles. The van der Waals surface area contributed by atoms with Gasteiger partial charge in [0.25, 0.3) is 0 Å². The van der Waals surface area contributed by atoms with Gasteiger partial charge in [0.05, 0.1) is 6.26 Å². The minimum absolute atomic E-state index is 0.0800. The minimum atomic E-state index is -3.78. The third kappa shape index (κ3) is 3.71. The summed E-state index contributed by atoms with van der Waals surface area (Å²) in [5.74, 6) is -0.115. The van der Waals surface area contributed by atoms with E-state index < -0.39 is 20.0 Å². The first kappa shape index (κ1) is 15.3. The lowest BCUT2D eigenvalue weighted by Gasteiger charge is -2.13. The highest BCUT2D eigenvalue weighted by molar-refractivity contribution is 7.91. The number of nitrogens with one attached hydrogen (secondary N) is 1. The molecule has 0 aromatic heterocycles. The molecule has 0 unspecified atom stereocenters. The van der Waals surface area contributed by atoms with E-state index in [2.05, 4.69) is 5.32 Å². The average molecular weight is 319 g/mol. The van der Waals surface area contributed by atoms with Crippen molar-refractivity contribution >= 4 is 20.0 Å². The molecule has 112 valence electrons. The summed E-state index contributed by atoms with van der Waals surface area (Å²) < 4.78 is 51.1. The Hall–Kier alpha value is -1.12. The Labute approximate surface area is 119 Å². The first-order chi connectivity index (χ1) is 9.17. The lowest BCUT2D eigenvalue weighted by atomic mass is 10.0. The fourth-order valence-corrected chi connectivity index (χ4v) is 3.54. The summed E-state index contributed by atoms with van der Waals surface area (Å²) in [6.07, 6.45) is 3.35. The molecular formula is C12H17NO5S2. The van der Waals surface area contributed by atoms with Crippen molar-refractivity contribution in [1.29, 1.82) is 0 Å². The molecular weight excluding hydrogens is 302 g/mol. The van der Waals surface area contributed by atoms with Crippen molar-refractivity contribution in [2.75, 3.05) is 25.6 Å². The number of hydrogen-bond donors (Lipinski definition) is 1. The van der Waals surface area contributed by atoms with Gasteiger partial charge in [0, 0.05) is 6.26 Å². The number of sulfone groups is 1. The molecule has 0 saturated carbocycles. The van der Waals surface area contributed by atoms with Gasteiger partial charge in [0.2, 0.25) is 0 Å². The SMILES string of the molecule is CS(=O)(=O)Oc1cc2c(cc1S(C)(=O)=O)CCNCC2. The van der Waals surface area contributed by atoms with Gasteiger partial charge < -0.3 is 9.50 Å². The van der Waals surface area contributed by atoms with Crippen LogP contribution >= 0.6 is 0 Å². The van der Waals surface area contributed by atoms with Crippen LogP contribution in [0.4, 0.5) is 0 Å². The van der Waals surface area contributed by atoms with Crippen molar-refractivity contribution in [3.05, 3.63) is 23.3 Å². The summed E-state index contributed by atoms with van der Waals surface area (Å²) in [5.41, 5.74) is 1.83. The lowest BCUT2D eigenvalue weighted by Crippen LogP contribution is -2.16. The zero-order chi connectivity index (χ0) is 15.0. The maximum absolute atomic E-state index is 11.8. The zero-order valence-electron chi connectivity index (χ0n) is 11.3. The van der Waals surface area contributed by atoms with E-state index in [1.54, 1.807) is 0 Å². The predicted octanol–water partition coefficient (Wildman–Crippen LogP) is 0.117. The number of benzene rings is 1. The molecule has 0 aliphatic carbocycles. The second-order valence-corrected chi connectivity index (χ2v) is 8.44. The van der Waals surface area contributed by atoms with E-state index in [4.69, 9.17) is 4.18 Å². The maximum Gasteiger partial charge on any atom is 0.306 e. The van der Waals surface area contributed by atoms with Crippen LogP contribution in [-0.2, 0) is 32.8 Å². The van der Waals surface area contributed by atoms with Crippen molar-refractivity contribution in [2.24, 2.45) is 0 Å². The Bertz CT molecular complexity index is 722. The molecule has 0 atom stereocenters. The molecule has 1 aliphatic rings. The standard InChI is InChI=1S/C12H17NO5S2/c1-19(14,15)12-8-10-4-6-13-5-3-9(10)7-11(12)18-20(2,16)17/h7-8,13H,3-6H2,1-2H3. The fraction of sp³-hybridized carbons (Fsp3) is 0.500. The molecule has 0 radical (unpaired) electrons. The Morgan fingerprint density at radius 1 is 1.00 bits per heavy atom. The highest BCUT2D eigenvalue weighted by atomic mass is 32.2. The van der Waals surface area contributed by atoms with Gasteiger partial charge >= 0.3 is 10.1 Å². The summed E-state index contributed by atoms with van der Waals surface area (Å²) in [7, 11) is -7.34. The van der Waals surface area contributed by atoms with Crippen molar-refractivity contribution in [1.82, 2.24) is 5.32 Å². The second-order valence-electron chi connectivity index (χ2n) is 4.88. The smallest absolute Gasteiger partial charge is 0.306 e. The highest BCUT2D eigenvalue weighted by Crippen LogP contribution is 2.30. The summed E-state index contributed by atoms with van der Waals surface area (Å²) in [5, 5.41) is 3.21. The zero-order valence-corrected chi connectivity index (χ0v) is 13.0. The molecule has 2 rings (SSSR count). The van der Waals surface area contributed by atoms with Gasteiger partial charge in [-0.25, -0.2) is 8.42 Å². The maximum atomic E-state index is 11.8. The quantitative estimate of drug-likeness (QED) is 0.796. The average Bonchev–Trinajstić information content (AvgIpc) is 2.48. The molecule has 1 aromatic rings. The van der Waals surface area contributed by atoms with Crippen molar-refractivity contribution < 1.29 is 21.0 Å². The molecule has 1 aliphatic heterocycles. The Morgan fingerprint density at radius 2 is 1.55 bits per heavy atom. The van der Waals surface area contributed by atoms with Crippen LogP contribution in [0.2, 0.25) is 0 Å². The fourth-order valence-electron chi connectivity index (χ4n) is 2.20. The van der Waals surface area contributed by atoms with E-state index in [9.17, 15) is 16.8 Å². The number of hydrogen-bond acceptors (Lipinski definition) is 6. The van der Waals surface area contributed by atoms with Gasteiger partial charge in [-0.2, -0.15) is 8.42 Å². The molecule has 0 fully saturated rings. The molecule has 8 heteroatoms. The molecule has 1 N–H and O–H groups in total. The summed E-state index contributed by atoms with van der Waals surface area (Å²) in [4.78, 5) is -0.0800. The number of fused-ring (bicyclic) bond motifs is 1. The molecule has 0 saturated heterocycles. The molecule has 6 nitrogen and oxygen atoms in total. The third-order valence-corrected chi connectivity index (χ3v) is 4.65. The lowest BCUT2D eigenvalue weighted by molar-refractivity contribution is 0.485. The van der Waals surface area contributed by atoms with E-state index in [0.717, 1.165) is 36.7 Å². The largest absolute Gasteiger partial charge is 0.381 e. The van der Waals surface area contributed by atoms with Crippen LogP contribution in [0.15, 0.2) is 17.0 Å². The van der Waals surface area contributed by atoms with Crippen LogP contribution in [0.1, 0.15) is 11.1 Å². The van der Waals surface area contributed by atoms with E-state index in [-0.39, 0.29) is 10.6 Å². The van der Waals surface area contributed by atoms with E-state index >= 15 is 0 Å². The van der Waals surface area contributed by atoms with E-state index in [0.29, 0.717) is 12.8 Å². The summed E-state index contributed by atoms with van der Waals surface area (Å²) >= 11 is 0.